The van der Waals surface area contributed by atoms with Crippen LogP contribution in [0.3, 0.4) is 0 Å². The Morgan fingerprint density at radius 2 is 2.18 bits per heavy atom. The molecule has 0 bridgehead atoms. The Balaban J connectivity index is 1.68. The highest BCUT2D eigenvalue weighted by atomic mass is 32.1. The molecule has 0 saturated carbocycles. The summed E-state index contributed by atoms with van der Waals surface area (Å²) >= 11 is 1.49. The summed E-state index contributed by atoms with van der Waals surface area (Å²) in [6.07, 6.45) is 2.60. The zero-order valence-electron chi connectivity index (χ0n) is 12.4. The minimum atomic E-state index is 0.114. The van der Waals surface area contributed by atoms with Gasteiger partial charge in [0.1, 0.15) is 0 Å². The molecular weight excluding hydrogens is 300 g/mol. The van der Waals surface area contributed by atoms with Gasteiger partial charge in [0.2, 0.25) is 11.8 Å². The smallest absolute Gasteiger partial charge is 0.263 e. The number of thiophene rings is 1. The van der Waals surface area contributed by atoms with Gasteiger partial charge in [-0.1, -0.05) is 6.07 Å². The number of methoxy groups -OCH3 is 1. The summed E-state index contributed by atoms with van der Waals surface area (Å²) < 4.78 is 5.14. The molecular formula is C15H18N4O2S. The predicted octanol–water partition coefficient (Wildman–Crippen LogP) is 1.90. The van der Waals surface area contributed by atoms with Gasteiger partial charge in [0.05, 0.1) is 12.0 Å². The Bertz CT molecular complexity index is 632. The first-order valence-electron chi connectivity index (χ1n) is 7.22. The SMILES string of the molecule is COc1ccnc(N2CCCN(C(=O)c3cccs3)CC2)n1. The van der Waals surface area contributed by atoms with Gasteiger partial charge in [0.15, 0.2) is 0 Å². The molecule has 2 aromatic heterocycles. The quantitative estimate of drug-likeness (QED) is 0.865. The Labute approximate surface area is 133 Å². The van der Waals surface area contributed by atoms with Gasteiger partial charge < -0.3 is 14.5 Å². The molecule has 116 valence electrons. The average molecular weight is 318 g/mol. The lowest BCUT2D eigenvalue weighted by Crippen LogP contribution is -2.35. The molecule has 0 aliphatic carbocycles. The summed E-state index contributed by atoms with van der Waals surface area (Å²) in [5.74, 6) is 1.33. The fourth-order valence-corrected chi connectivity index (χ4v) is 3.17. The summed E-state index contributed by atoms with van der Waals surface area (Å²) in [6, 6.07) is 5.51. The number of aromatic nitrogens is 2. The minimum Gasteiger partial charge on any atom is -0.481 e. The molecule has 0 radical (unpaired) electrons. The van der Waals surface area contributed by atoms with Crippen molar-refractivity contribution in [1.29, 1.82) is 0 Å². The van der Waals surface area contributed by atoms with Crippen molar-refractivity contribution >= 4 is 23.2 Å². The van der Waals surface area contributed by atoms with Gasteiger partial charge in [-0.25, -0.2) is 4.98 Å². The molecule has 1 aliphatic heterocycles. The van der Waals surface area contributed by atoms with E-state index in [1.807, 2.05) is 22.4 Å². The average Bonchev–Trinajstić information content (AvgIpc) is 2.98. The fraction of sp³-hybridized carbons (Fsp3) is 0.400. The Morgan fingerprint density at radius 3 is 2.95 bits per heavy atom. The van der Waals surface area contributed by atoms with E-state index in [0.717, 1.165) is 30.9 Å². The van der Waals surface area contributed by atoms with Gasteiger partial charge in [-0.15, -0.1) is 11.3 Å². The summed E-state index contributed by atoms with van der Waals surface area (Å²) in [7, 11) is 1.59. The lowest BCUT2D eigenvalue weighted by atomic mass is 10.3. The Hall–Kier alpha value is -2.15. The minimum absolute atomic E-state index is 0.114. The molecule has 3 rings (SSSR count). The molecule has 3 heterocycles. The molecule has 0 spiro atoms. The van der Waals surface area contributed by atoms with Crippen LogP contribution in [-0.2, 0) is 0 Å². The van der Waals surface area contributed by atoms with Gasteiger partial charge in [-0.05, 0) is 17.9 Å². The zero-order chi connectivity index (χ0) is 15.4. The first-order valence-corrected chi connectivity index (χ1v) is 8.10. The van der Waals surface area contributed by atoms with Crippen molar-refractivity contribution in [3.63, 3.8) is 0 Å². The number of hydrogen-bond donors (Lipinski definition) is 0. The summed E-state index contributed by atoms with van der Waals surface area (Å²) in [6.45, 7) is 3.00. The van der Waals surface area contributed by atoms with Gasteiger partial charge in [0, 0.05) is 38.4 Å². The van der Waals surface area contributed by atoms with E-state index in [9.17, 15) is 4.79 Å². The summed E-state index contributed by atoms with van der Waals surface area (Å²) in [4.78, 5) is 25.9. The molecule has 0 N–H and O–H groups in total. The number of carbonyl (C=O) groups excluding carboxylic acids is 1. The fourth-order valence-electron chi connectivity index (χ4n) is 2.48. The van der Waals surface area contributed by atoms with Crippen molar-refractivity contribution in [2.45, 2.75) is 6.42 Å². The van der Waals surface area contributed by atoms with Crippen LogP contribution in [0.2, 0.25) is 0 Å². The van der Waals surface area contributed by atoms with Gasteiger partial charge >= 0.3 is 0 Å². The lowest BCUT2D eigenvalue weighted by Gasteiger charge is -2.21. The van der Waals surface area contributed by atoms with E-state index in [-0.39, 0.29) is 5.91 Å². The summed E-state index contributed by atoms with van der Waals surface area (Å²) in [5.41, 5.74) is 0. The predicted molar refractivity (Wildman–Crippen MR) is 85.6 cm³/mol. The molecule has 0 unspecified atom stereocenters. The molecule has 22 heavy (non-hydrogen) atoms. The van der Waals surface area contributed by atoms with E-state index in [1.165, 1.54) is 11.3 Å². The molecule has 0 atom stereocenters. The van der Waals surface area contributed by atoms with Gasteiger partial charge in [-0.3, -0.25) is 4.79 Å². The third-order valence-electron chi connectivity index (χ3n) is 3.62. The molecule has 2 aromatic rings. The van der Waals surface area contributed by atoms with Gasteiger partial charge in [0.25, 0.3) is 5.91 Å². The van der Waals surface area contributed by atoms with Crippen molar-refractivity contribution in [3.8, 4) is 5.88 Å². The maximum Gasteiger partial charge on any atom is 0.263 e. The number of ether oxygens (including phenoxy) is 1. The molecule has 6 nitrogen and oxygen atoms in total. The van der Waals surface area contributed by atoms with Crippen LogP contribution in [0.25, 0.3) is 0 Å². The van der Waals surface area contributed by atoms with Crippen LogP contribution in [0.4, 0.5) is 5.95 Å². The van der Waals surface area contributed by atoms with Crippen LogP contribution in [0, 0.1) is 0 Å². The normalized spacial score (nSPS) is 15.5. The van der Waals surface area contributed by atoms with Crippen LogP contribution in [0.5, 0.6) is 5.88 Å². The Morgan fingerprint density at radius 1 is 1.27 bits per heavy atom. The number of amides is 1. The van der Waals surface area contributed by atoms with Crippen LogP contribution >= 0.6 is 11.3 Å². The second kappa shape index (κ2) is 6.74. The monoisotopic (exact) mass is 318 g/mol. The topological polar surface area (TPSA) is 58.6 Å². The van der Waals surface area contributed by atoms with E-state index in [1.54, 1.807) is 19.4 Å². The number of hydrogen-bond acceptors (Lipinski definition) is 6. The van der Waals surface area contributed by atoms with E-state index in [4.69, 9.17) is 4.74 Å². The highest BCUT2D eigenvalue weighted by Gasteiger charge is 2.22. The molecule has 7 heteroatoms. The number of carbonyl (C=O) groups is 1. The molecule has 1 aliphatic rings. The summed E-state index contributed by atoms with van der Waals surface area (Å²) in [5, 5.41) is 1.93. The van der Waals surface area contributed by atoms with Crippen molar-refractivity contribution in [2.75, 3.05) is 38.2 Å². The number of anilines is 1. The maximum absolute atomic E-state index is 12.4. The lowest BCUT2D eigenvalue weighted by molar-refractivity contribution is 0.0772. The van der Waals surface area contributed by atoms with E-state index < -0.39 is 0 Å². The second-order valence-corrected chi connectivity index (χ2v) is 5.96. The molecule has 0 aromatic carbocycles. The number of rotatable bonds is 3. The van der Waals surface area contributed by atoms with E-state index in [0.29, 0.717) is 18.4 Å². The Kier molecular flexibility index (Phi) is 4.53. The largest absolute Gasteiger partial charge is 0.481 e. The van der Waals surface area contributed by atoms with Crippen molar-refractivity contribution < 1.29 is 9.53 Å². The first kappa shape index (κ1) is 14.8. The van der Waals surface area contributed by atoms with Gasteiger partial charge in [-0.2, -0.15) is 4.98 Å². The van der Waals surface area contributed by atoms with Crippen molar-refractivity contribution in [2.24, 2.45) is 0 Å². The number of nitrogens with zero attached hydrogens (tertiary/aromatic N) is 4. The van der Waals surface area contributed by atoms with Crippen LogP contribution in [0.1, 0.15) is 16.1 Å². The van der Waals surface area contributed by atoms with Crippen LogP contribution in [-0.4, -0.2) is 54.1 Å². The second-order valence-electron chi connectivity index (χ2n) is 5.01. The van der Waals surface area contributed by atoms with Crippen LogP contribution < -0.4 is 9.64 Å². The molecule has 1 saturated heterocycles. The molecule has 1 amide bonds. The molecule has 1 fully saturated rings. The zero-order valence-corrected chi connectivity index (χ0v) is 13.3. The maximum atomic E-state index is 12.4. The van der Waals surface area contributed by atoms with Crippen LogP contribution in [0.15, 0.2) is 29.8 Å². The van der Waals surface area contributed by atoms with Crippen molar-refractivity contribution in [3.05, 3.63) is 34.7 Å². The highest BCUT2D eigenvalue weighted by molar-refractivity contribution is 7.12. The van der Waals surface area contributed by atoms with E-state index in [2.05, 4.69) is 14.9 Å². The first-order chi connectivity index (χ1) is 10.8. The highest BCUT2D eigenvalue weighted by Crippen LogP contribution is 2.17. The third-order valence-corrected chi connectivity index (χ3v) is 4.48. The van der Waals surface area contributed by atoms with E-state index >= 15 is 0 Å². The third kappa shape index (κ3) is 3.19. The standard InChI is InChI=1S/C15H18N4O2S/c1-21-13-5-6-16-15(17-13)19-8-3-7-18(9-10-19)14(20)12-4-2-11-22-12/h2,4-6,11H,3,7-10H2,1H3. The van der Waals surface area contributed by atoms with Crippen molar-refractivity contribution in [1.82, 2.24) is 14.9 Å².